The minimum absolute atomic E-state index is 0.0351. The fourth-order valence-electron chi connectivity index (χ4n) is 10.4. The molecular weight excluding hydrogens is 683 g/mol. The van der Waals surface area contributed by atoms with Gasteiger partial charge in [0, 0.05) is 11.1 Å². The van der Waals surface area contributed by atoms with Gasteiger partial charge in [0.25, 0.3) is 0 Å². The number of hydrogen-bond acceptors (Lipinski definition) is 3. The van der Waals surface area contributed by atoms with Crippen LogP contribution in [0.5, 0.6) is 0 Å². The van der Waals surface area contributed by atoms with Crippen LogP contribution in [0, 0.1) is 0 Å². The van der Waals surface area contributed by atoms with Gasteiger partial charge in [-0.2, -0.15) is 0 Å². The largest absolute Gasteiger partial charge is 0.456 e. The summed E-state index contributed by atoms with van der Waals surface area (Å²) < 4.78 is 6.46. The second-order valence-corrected chi connectivity index (χ2v) is 16.0. The van der Waals surface area contributed by atoms with Gasteiger partial charge in [-0.25, -0.2) is 0 Å². The zero-order chi connectivity index (χ0) is 37.3. The highest BCUT2D eigenvalue weighted by atomic mass is 16.3. The molecule has 0 fully saturated rings. The van der Waals surface area contributed by atoms with E-state index in [1.807, 2.05) is 48.5 Å². The summed E-state index contributed by atoms with van der Waals surface area (Å²) in [4.78, 5) is 17.0. The van der Waals surface area contributed by atoms with E-state index >= 15 is 0 Å². The quantitative estimate of drug-likeness (QED) is 0.167. The molecule has 264 valence electrons. The van der Waals surface area contributed by atoms with Gasteiger partial charge in [-0.15, -0.1) is 0 Å². The van der Waals surface area contributed by atoms with E-state index in [4.69, 9.17) is 4.42 Å². The number of benzene rings is 8. The van der Waals surface area contributed by atoms with Crippen LogP contribution in [-0.2, 0) is 10.8 Å². The summed E-state index contributed by atoms with van der Waals surface area (Å²) in [6.07, 6.45) is 0. The summed E-state index contributed by atoms with van der Waals surface area (Å²) in [5, 5.41) is 1.14. The second-order valence-electron chi connectivity index (χ2n) is 16.0. The minimum Gasteiger partial charge on any atom is -0.456 e. The first-order chi connectivity index (χ1) is 27.4. The van der Waals surface area contributed by atoms with Gasteiger partial charge in [0.05, 0.1) is 27.6 Å². The molecule has 56 heavy (non-hydrogen) atoms. The summed E-state index contributed by atoms with van der Waals surface area (Å²) >= 11 is 0. The molecule has 3 aliphatic rings. The lowest BCUT2D eigenvalue weighted by molar-refractivity contribution is 0.658. The molecule has 0 bridgehead atoms. The first-order valence-electron chi connectivity index (χ1n) is 19.4. The van der Waals surface area contributed by atoms with E-state index < -0.39 is 5.41 Å². The van der Waals surface area contributed by atoms with Crippen LogP contribution in [0.15, 0.2) is 185 Å². The number of nitrogens with zero attached hydrogens (tertiary/aromatic N) is 1. The maximum atomic E-state index is 14.6. The normalized spacial score (nSPS) is 14.9. The Bertz CT molecular complexity index is 3160. The smallest absolute Gasteiger partial charge is 0.200 e. The summed E-state index contributed by atoms with van der Waals surface area (Å²) in [6, 6.07) is 62.8. The molecule has 0 saturated heterocycles. The molecule has 0 atom stereocenters. The zero-order valence-corrected chi connectivity index (χ0v) is 31.0. The number of rotatable bonds is 2. The van der Waals surface area contributed by atoms with Crippen LogP contribution >= 0.6 is 0 Å². The minimum atomic E-state index is -0.563. The van der Waals surface area contributed by atoms with Crippen molar-refractivity contribution in [2.45, 2.75) is 24.7 Å². The third-order valence-corrected chi connectivity index (χ3v) is 12.9. The van der Waals surface area contributed by atoms with Gasteiger partial charge in [-0.05, 0) is 115 Å². The predicted octanol–water partition coefficient (Wildman–Crippen LogP) is 13.1. The first kappa shape index (κ1) is 31.4. The van der Waals surface area contributed by atoms with Gasteiger partial charge < -0.3 is 9.32 Å². The van der Waals surface area contributed by atoms with Crippen molar-refractivity contribution in [3.63, 3.8) is 0 Å². The molecule has 12 rings (SSSR count). The van der Waals surface area contributed by atoms with E-state index in [0.29, 0.717) is 21.9 Å². The Kier molecular flexibility index (Phi) is 6.20. The Labute approximate surface area is 324 Å². The summed E-state index contributed by atoms with van der Waals surface area (Å²) in [6.45, 7) is 4.69. The molecule has 0 radical (unpaired) electrons. The second kappa shape index (κ2) is 11.1. The van der Waals surface area contributed by atoms with Crippen molar-refractivity contribution in [3.05, 3.63) is 220 Å². The number of hydrogen-bond donors (Lipinski definition) is 0. The third-order valence-electron chi connectivity index (χ3n) is 12.9. The molecule has 0 saturated carbocycles. The highest BCUT2D eigenvalue weighted by Crippen LogP contribution is 2.65. The first-order valence-corrected chi connectivity index (χ1v) is 19.4. The Morgan fingerprint density at radius 2 is 1.00 bits per heavy atom. The molecule has 9 aromatic rings. The van der Waals surface area contributed by atoms with Crippen LogP contribution in [0.2, 0.25) is 0 Å². The average Bonchev–Trinajstić information content (AvgIpc) is 3.66. The fourth-order valence-corrected chi connectivity index (χ4v) is 10.4. The molecule has 0 amide bonds. The lowest BCUT2D eigenvalue weighted by Gasteiger charge is -2.45. The Morgan fingerprint density at radius 1 is 0.429 bits per heavy atom. The molecule has 3 heteroatoms. The lowest BCUT2D eigenvalue weighted by Crippen LogP contribution is -2.36. The molecule has 1 aliphatic heterocycles. The van der Waals surface area contributed by atoms with E-state index in [2.05, 4.69) is 146 Å². The zero-order valence-electron chi connectivity index (χ0n) is 31.0. The topological polar surface area (TPSA) is 33.5 Å². The molecule has 0 unspecified atom stereocenters. The van der Waals surface area contributed by atoms with Gasteiger partial charge in [-0.3, -0.25) is 4.79 Å². The van der Waals surface area contributed by atoms with Gasteiger partial charge in [0.2, 0.25) is 5.43 Å². The maximum absolute atomic E-state index is 14.6. The fraction of sp³-hybridized carbons (Fsp3) is 0.0755. The SMILES string of the molecule is CC1(C)c2ccccc2-c2cc3c(cc21)N(c1ccc2oc4ccc(-c5ccccc5)cc4c(=O)c2c1)c1ccccc1C31c2ccccc2-c2ccccc21. The molecular formula is C53H35NO2. The maximum Gasteiger partial charge on any atom is 0.200 e. The van der Waals surface area contributed by atoms with Crippen LogP contribution in [0.25, 0.3) is 55.3 Å². The molecule has 1 aromatic heterocycles. The molecule has 2 aliphatic carbocycles. The molecule has 0 N–H and O–H groups in total. The summed E-state index contributed by atoms with van der Waals surface area (Å²) in [5.74, 6) is 0. The summed E-state index contributed by atoms with van der Waals surface area (Å²) in [7, 11) is 0. The molecule has 8 aromatic carbocycles. The van der Waals surface area contributed by atoms with Crippen molar-refractivity contribution >= 4 is 39.0 Å². The number of fused-ring (bicyclic) bond motifs is 14. The highest BCUT2D eigenvalue weighted by Gasteiger charge is 2.52. The van der Waals surface area contributed by atoms with Crippen molar-refractivity contribution in [1.29, 1.82) is 0 Å². The average molecular weight is 718 g/mol. The van der Waals surface area contributed by atoms with Gasteiger partial charge in [0.1, 0.15) is 11.2 Å². The van der Waals surface area contributed by atoms with Crippen molar-refractivity contribution in [2.75, 3.05) is 4.90 Å². The Morgan fingerprint density at radius 3 is 1.71 bits per heavy atom. The predicted molar refractivity (Wildman–Crippen MR) is 229 cm³/mol. The van der Waals surface area contributed by atoms with E-state index in [1.54, 1.807) is 0 Å². The van der Waals surface area contributed by atoms with Gasteiger partial charge in [0.15, 0.2) is 0 Å². The van der Waals surface area contributed by atoms with E-state index in [1.165, 1.54) is 55.6 Å². The van der Waals surface area contributed by atoms with Crippen LogP contribution in [-0.4, -0.2) is 0 Å². The van der Waals surface area contributed by atoms with Gasteiger partial charge in [-0.1, -0.05) is 141 Å². The molecule has 1 spiro atoms. The van der Waals surface area contributed by atoms with Crippen molar-refractivity contribution < 1.29 is 4.42 Å². The monoisotopic (exact) mass is 717 g/mol. The van der Waals surface area contributed by atoms with Crippen molar-refractivity contribution in [3.8, 4) is 33.4 Å². The number of para-hydroxylation sites is 1. The van der Waals surface area contributed by atoms with Crippen LogP contribution in [0.4, 0.5) is 17.1 Å². The van der Waals surface area contributed by atoms with E-state index in [-0.39, 0.29) is 10.8 Å². The van der Waals surface area contributed by atoms with Crippen LogP contribution < -0.4 is 10.3 Å². The highest BCUT2D eigenvalue weighted by molar-refractivity contribution is 6.00. The Balaban J connectivity index is 1.17. The van der Waals surface area contributed by atoms with E-state index in [0.717, 1.165) is 28.2 Å². The van der Waals surface area contributed by atoms with Crippen molar-refractivity contribution in [2.24, 2.45) is 0 Å². The van der Waals surface area contributed by atoms with E-state index in [9.17, 15) is 4.79 Å². The van der Waals surface area contributed by atoms with Gasteiger partial charge >= 0.3 is 0 Å². The third kappa shape index (κ3) is 3.94. The summed E-state index contributed by atoms with van der Waals surface area (Å²) in [5.41, 5.74) is 18.3. The van der Waals surface area contributed by atoms with Crippen LogP contribution in [0.1, 0.15) is 47.2 Å². The molecule has 2 heterocycles. The standard InChI is InChI=1S/C53H35NO2/c1-52(2)41-19-9-6-18-37(41)38-30-46-48(31-45(38)52)54(47-23-13-12-22-44(47)53(46)42-20-10-7-16-35(42)36-17-8-11-21-43(36)53)34-25-27-50-40(29-34)51(55)39-28-33(24-26-49(39)56-50)32-14-4-3-5-15-32/h3-31H,1-2H3. The lowest BCUT2D eigenvalue weighted by atomic mass is 9.64. The Hall–Kier alpha value is -6.97. The molecule has 3 nitrogen and oxygen atoms in total. The van der Waals surface area contributed by atoms with Crippen LogP contribution in [0.3, 0.4) is 0 Å². The number of anilines is 3. The van der Waals surface area contributed by atoms with Crippen molar-refractivity contribution in [1.82, 2.24) is 0 Å².